The van der Waals surface area contributed by atoms with E-state index in [0.717, 1.165) is 46.2 Å². The number of hydrogen-bond acceptors (Lipinski definition) is 9. The molecule has 10 heteroatoms. The Morgan fingerprint density at radius 1 is 1.24 bits per heavy atom. The van der Waals surface area contributed by atoms with Crippen LogP contribution in [0.5, 0.6) is 0 Å². The number of rotatable bonds is 5. The minimum atomic E-state index is -0.0773. The third-order valence-corrected chi connectivity index (χ3v) is 7.09. The third-order valence-electron chi connectivity index (χ3n) is 5.56. The lowest BCUT2D eigenvalue weighted by molar-refractivity contribution is 0.282. The standard InChI is InChI=1S/C19H21ClN6O2S/c20-16-13-8-22-24-14(13)1-2-15(16)23-19-26-25-18(29-19)12-6-10(9-27)5-11(7-12)17-21-3-4-28-17/h3-7,13-16,22,24,27H,1-2,8-9H2,(H,23,26). The van der Waals surface area contributed by atoms with E-state index in [1.54, 1.807) is 6.20 Å². The number of benzene rings is 1. The lowest BCUT2D eigenvalue weighted by Crippen LogP contribution is -2.47. The minimum absolute atomic E-state index is 0.0259. The number of fused-ring (bicyclic) bond motifs is 1. The number of hydrogen-bond donors (Lipinski definition) is 4. The quantitative estimate of drug-likeness (QED) is 0.456. The van der Waals surface area contributed by atoms with Crippen molar-refractivity contribution in [2.45, 2.75) is 36.9 Å². The molecular weight excluding hydrogens is 412 g/mol. The maximum atomic E-state index is 9.64. The Bertz CT molecular complexity index is 981. The van der Waals surface area contributed by atoms with E-state index < -0.39 is 0 Å². The van der Waals surface area contributed by atoms with Gasteiger partial charge < -0.3 is 14.8 Å². The average Bonchev–Trinajstić information content (AvgIpc) is 3.51. The highest BCUT2D eigenvalue weighted by Gasteiger charge is 2.41. The topological polar surface area (TPSA) is 108 Å². The maximum Gasteiger partial charge on any atom is 0.225 e. The number of alkyl halides is 1. The number of nitrogens with zero attached hydrogens (tertiary/aromatic N) is 3. The predicted octanol–water partition coefficient (Wildman–Crippen LogP) is 2.63. The van der Waals surface area contributed by atoms with Crippen molar-refractivity contribution in [3.8, 4) is 22.0 Å². The summed E-state index contributed by atoms with van der Waals surface area (Å²) in [5, 5.41) is 23.3. The van der Waals surface area contributed by atoms with E-state index in [1.165, 1.54) is 17.6 Å². The molecule has 1 aliphatic heterocycles. The second-order valence-electron chi connectivity index (χ2n) is 7.39. The summed E-state index contributed by atoms with van der Waals surface area (Å²) in [6.07, 6.45) is 5.18. The molecule has 1 aromatic carbocycles. The van der Waals surface area contributed by atoms with Gasteiger partial charge in [0.05, 0.1) is 18.2 Å². The van der Waals surface area contributed by atoms with Crippen LogP contribution in [0.1, 0.15) is 18.4 Å². The fraction of sp³-hybridized carbons (Fsp3) is 0.421. The first kappa shape index (κ1) is 19.0. The van der Waals surface area contributed by atoms with E-state index in [4.69, 9.17) is 16.0 Å². The number of aliphatic hydroxyl groups excluding tert-OH is 1. The van der Waals surface area contributed by atoms with Gasteiger partial charge in [-0.25, -0.2) is 4.98 Å². The summed E-state index contributed by atoms with van der Waals surface area (Å²) >= 11 is 8.22. The van der Waals surface area contributed by atoms with E-state index in [2.05, 4.69) is 31.3 Å². The molecule has 2 fully saturated rings. The van der Waals surface area contributed by atoms with E-state index in [-0.39, 0.29) is 18.0 Å². The van der Waals surface area contributed by atoms with Crippen LogP contribution in [0.15, 0.2) is 35.1 Å². The Morgan fingerprint density at radius 2 is 2.14 bits per heavy atom. The SMILES string of the molecule is OCc1cc(-c2ncco2)cc(-c2nnc(NC3CCC4NNCC4C3Cl)s2)c1. The Morgan fingerprint density at radius 3 is 2.97 bits per heavy atom. The molecule has 29 heavy (non-hydrogen) atoms. The number of aromatic nitrogens is 3. The molecule has 2 aliphatic rings. The maximum absolute atomic E-state index is 9.64. The number of aliphatic hydroxyl groups is 1. The van der Waals surface area contributed by atoms with E-state index in [9.17, 15) is 5.11 Å². The lowest BCUT2D eigenvalue weighted by atomic mass is 9.82. The van der Waals surface area contributed by atoms with Gasteiger partial charge in [0.25, 0.3) is 0 Å². The van der Waals surface area contributed by atoms with E-state index in [1.807, 2.05) is 18.2 Å². The predicted molar refractivity (Wildman–Crippen MR) is 111 cm³/mol. The van der Waals surface area contributed by atoms with Gasteiger partial charge in [-0.05, 0) is 36.6 Å². The minimum Gasteiger partial charge on any atom is -0.445 e. The van der Waals surface area contributed by atoms with Gasteiger partial charge in [0, 0.05) is 35.7 Å². The Balaban J connectivity index is 1.37. The summed E-state index contributed by atoms with van der Waals surface area (Å²) in [5.41, 5.74) is 8.94. The normalized spacial score (nSPS) is 26.4. The molecule has 3 heterocycles. The molecule has 1 saturated heterocycles. The largest absolute Gasteiger partial charge is 0.445 e. The molecule has 8 nitrogen and oxygen atoms in total. The molecule has 0 radical (unpaired) electrons. The number of oxazole rings is 1. The van der Waals surface area contributed by atoms with Gasteiger partial charge in [0.15, 0.2) is 0 Å². The molecule has 152 valence electrons. The zero-order valence-corrected chi connectivity index (χ0v) is 17.1. The zero-order valence-electron chi connectivity index (χ0n) is 15.5. The summed E-state index contributed by atoms with van der Waals surface area (Å²) in [6.45, 7) is 0.808. The number of hydrazine groups is 1. The molecule has 4 atom stereocenters. The summed E-state index contributed by atoms with van der Waals surface area (Å²) in [7, 11) is 0. The van der Waals surface area contributed by atoms with Crippen LogP contribution < -0.4 is 16.2 Å². The van der Waals surface area contributed by atoms with Crippen molar-refractivity contribution in [1.29, 1.82) is 0 Å². The van der Waals surface area contributed by atoms with E-state index >= 15 is 0 Å². The smallest absolute Gasteiger partial charge is 0.225 e. The van der Waals surface area contributed by atoms with Gasteiger partial charge in [-0.15, -0.1) is 21.8 Å². The fourth-order valence-corrected chi connectivity index (χ4v) is 5.35. The zero-order chi connectivity index (χ0) is 19.8. The monoisotopic (exact) mass is 432 g/mol. The van der Waals surface area contributed by atoms with Crippen LogP contribution in [-0.2, 0) is 6.61 Å². The molecular formula is C19H21ClN6O2S. The van der Waals surface area contributed by atoms with Gasteiger partial charge in [0.1, 0.15) is 11.3 Å². The summed E-state index contributed by atoms with van der Waals surface area (Å²) in [6, 6.07) is 6.31. The van der Waals surface area contributed by atoms with Crippen molar-refractivity contribution in [2.24, 2.45) is 5.92 Å². The molecule has 0 spiro atoms. The van der Waals surface area contributed by atoms with Gasteiger partial charge >= 0.3 is 0 Å². The van der Waals surface area contributed by atoms with Gasteiger partial charge in [-0.3, -0.25) is 10.9 Å². The van der Waals surface area contributed by atoms with Gasteiger partial charge in [-0.2, -0.15) is 0 Å². The summed E-state index contributed by atoms with van der Waals surface area (Å²) < 4.78 is 5.40. The summed E-state index contributed by atoms with van der Waals surface area (Å²) in [4.78, 5) is 4.20. The molecule has 1 aliphatic carbocycles. The number of nitrogens with one attached hydrogen (secondary N) is 3. The highest BCUT2D eigenvalue weighted by molar-refractivity contribution is 7.18. The van der Waals surface area contributed by atoms with Crippen molar-refractivity contribution < 1.29 is 9.52 Å². The molecule has 5 rings (SSSR count). The third kappa shape index (κ3) is 3.76. The first-order valence-corrected chi connectivity index (χ1v) is 10.8. The second kappa shape index (κ2) is 8.00. The molecule has 4 unspecified atom stereocenters. The molecule has 0 amide bonds. The first-order valence-electron chi connectivity index (χ1n) is 9.59. The van der Waals surface area contributed by atoms with Crippen LogP contribution >= 0.6 is 22.9 Å². The van der Waals surface area contributed by atoms with Gasteiger partial charge in [-0.1, -0.05) is 11.3 Å². The number of anilines is 1. The summed E-state index contributed by atoms with van der Waals surface area (Å²) in [5.74, 6) is 0.907. The lowest BCUT2D eigenvalue weighted by Gasteiger charge is -2.35. The van der Waals surface area contributed by atoms with Crippen molar-refractivity contribution >= 4 is 28.1 Å². The first-order chi connectivity index (χ1) is 14.2. The average molecular weight is 433 g/mol. The van der Waals surface area contributed by atoms with Crippen molar-refractivity contribution in [1.82, 2.24) is 26.0 Å². The van der Waals surface area contributed by atoms with Crippen LogP contribution in [0.25, 0.3) is 22.0 Å². The van der Waals surface area contributed by atoms with Crippen molar-refractivity contribution in [3.05, 3.63) is 36.2 Å². The van der Waals surface area contributed by atoms with Crippen LogP contribution in [0.3, 0.4) is 0 Å². The van der Waals surface area contributed by atoms with Crippen molar-refractivity contribution in [2.75, 3.05) is 11.9 Å². The van der Waals surface area contributed by atoms with Crippen molar-refractivity contribution in [3.63, 3.8) is 0 Å². The highest BCUT2D eigenvalue weighted by atomic mass is 35.5. The Labute approximate surface area is 176 Å². The molecule has 2 aromatic heterocycles. The molecule has 3 aromatic rings. The van der Waals surface area contributed by atoms with Crippen LogP contribution in [-0.4, -0.2) is 44.3 Å². The molecule has 0 bridgehead atoms. The van der Waals surface area contributed by atoms with E-state index in [0.29, 0.717) is 17.9 Å². The van der Waals surface area contributed by atoms with Gasteiger partial charge in [0.2, 0.25) is 11.0 Å². The highest BCUT2D eigenvalue weighted by Crippen LogP contribution is 2.35. The van der Waals surface area contributed by atoms with Crippen LogP contribution in [0.4, 0.5) is 5.13 Å². The molecule has 1 saturated carbocycles. The number of halogens is 1. The Hall–Kier alpha value is -2.04. The van der Waals surface area contributed by atoms with Crippen LogP contribution in [0, 0.1) is 5.92 Å². The fourth-order valence-electron chi connectivity index (χ4n) is 4.10. The second-order valence-corrected chi connectivity index (χ2v) is 8.88. The van der Waals surface area contributed by atoms with Crippen LogP contribution in [0.2, 0.25) is 0 Å². The Kier molecular flexibility index (Phi) is 5.23. The molecule has 4 N–H and O–H groups in total.